The van der Waals surface area contributed by atoms with E-state index in [9.17, 15) is 12.8 Å². The van der Waals surface area contributed by atoms with Crippen molar-refractivity contribution in [2.75, 3.05) is 0 Å². The van der Waals surface area contributed by atoms with Crippen LogP contribution >= 0.6 is 0 Å². The van der Waals surface area contributed by atoms with E-state index in [1.807, 2.05) is 0 Å². The standard InChI is InChI=1S/C12H9FO3S.Na/c13-11-5-1-9(2-6-11)10-3-7-12(8-4-10)17(14,15)16;/h1-8H,(H,14,15,16);. The summed E-state index contributed by atoms with van der Waals surface area (Å²) in [6, 6.07) is 11.5. The number of hydrogen-bond acceptors (Lipinski definition) is 2. The average molecular weight is 275 g/mol. The Kier molecular flexibility index (Phi) is 5.07. The largest absolute Gasteiger partial charge is 0.294 e. The van der Waals surface area contributed by atoms with Gasteiger partial charge in [-0.3, -0.25) is 4.55 Å². The van der Waals surface area contributed by atoms with Crippen molar-refractivity contribution in [3.05, 3.63) is 54.3 Å². The van der Waals surface area contributed by atoms with Crippen molar-refractivity contribution < 1.29 is 17.4 Å². The van der Waals surface area contributed by atoms with E-state index in [-0.39, 0.29) is 40.3 Å². The maximum absolute atomic E-state index is 12.7. The van der Waals surface area contributed by atoms with Gasteiger partial charge in [-0.25, -0.2) is 4.39 Å². The van der Waals surface area contributed by atoms with Crippen LogP contribution in [0.2, 0.25) is 0 Å². The van der Waals surface area contributed by atoms with E-state index in [2.05, 4.69) is 0 Å². The zero-order chi connectivity index (χ0) is 12.5. The fraction of sp³-hybridized carbons (Fsp3) is 0. The monoisotopic (exact) mass is 275 g/mol. The first kappa shape index (κ1) is 15.3. The van der Waals surface area contributed by atoms with Crippen LogP contribution in [0.1, 0.15) is 0 Å². The van der Waals surface area contributed by atoms with E-state index in [0.29, 0.717) is 0 Å². The summed E-state index contributed by atoms with van der Waals surface area (Å²) in [5, 5.41) is 0. The Labute approximate surface area is 127 Å². The topological polar surface area (TPSA) is 54.4 Å². The average Bonchev–Trinajstić information content (AvgIpc) is 2.29. The zero-order valence-electron chi connectivity index (χ0n) is 9.67. The maximum Gasteiger partial charge on any atom is 0.294 e. The third-order valence-electron chi connectivity index (χ3n) is 2.33. The SMILES string of the molecule is O=S(=O)(O)c1ccc(-c2ccc(F)cc2)cc1.[Na]. The minimum atomic E-state index is -4.17. The summed E-state index contributed by atoms with van der Waals surface area (Å²) in [5.41, 5.74) is 1.52. The molecule has 3 nitrogen and oxygen atoms in total. The summed E-state index contributed by atoms with van der Waals surface area (Å²) >= 11 is 0. The fourth-order valence-corrected chi connectivity index (χ4v) is 1.94. The molecule has 0 aromatic heterocycles. The molecule has 1 N–H and O–H groups in total. The first-order valence-corrected chi connectivity index (χ1v) is 6.24. The van der Waals surface area contributed by atoms with Crippen molar-refractivity contribution in [2.24, 2.45) is 0 Å². The molecule has 0 aliphatic carbocycles. The molecular formula is C12H9FNaO3S. The van der Waals surface area contributed by atoms with Crippen molar-refractivity contribution in [1.82, 2.24) is 0 Å². The summed E-state index contributed by atoms with van der Waals surface area (Å²) in [5.74, 6) is -0.330. The number of benzene rings is 2. The van der Waals surface area contributed by atoms with Crippen molar-refractivity contribution in [2.45, 2.75) is 4.90 Å². The minimum Gasteiger partial charge on any atom is -0.282 e. The van der Waals surface area contributed by atoms with Gasteiger partial charge >= 0.3 is 0 Å². The molecule has 0 spiro atoms. The molecule has 2 aromatic rings. The molecule has 0 saturated carbocycles. The molecule has 0 unspecified atom stereocenters. The predicted molar refractivity (Wildman–Crippen MR) is 67.4 cm³/mol. The second-order valence-electron chi connectivity index (χ2n) is 3.51. The van der Waals surface area contributed by atoms with Gasteiger partial charge in [0.25, 0.3) is 10.1 Å². The van der Waals surface area contributed by atoms with Gasteiger partial charge in [-0.15, -0.1) is 0 Å². The van der Waals surface area contributed by atoms with Crippen LogP contribution in [-0.4, -0.2) is 42.5 Å². The first-order chi connectivity index (χ1) is 7.97. The second kappa shape index (κ2) is 5.95. The summed E-state index contributed by atoms with van der Waals surface area (Å²) in [6.07, 6.45) is 0. The molecule has 0 atom stereocenters. The number of halogens is 1. The Balaban J connectivity index is 0.00000162. The summed E-state index contributed by atoms with van der Waals surface area (Å²) in [6.45, 7) is 0. The van der Waals surface area contributed by atoms with Gasteiger partial charge in [0.05, 0.1) is 4.90 Å². The van der Waals surface area contributed by atoms with Gasteiger partial charge in [0.2, 0.25) is 0 Å². The number of rotatable bonds is 2. The van der Waals surface area contributed by atoms with E-state index in [1.54, 1.807) is 24.3 Å². The Bertz CT molecular complexity index is 621. The Morgan fingerprint density at radius 3 is 1.61 bits per heavy atom. The van der Waals surface area contributed by atoms with Crippen molar-refractivity contribution in [3.8, 4) is 11.1 Å². The van der Waals surface area contributed by atoms with Crippen LogP contribution in [0.25, 0.3) is 11.1 Å². The van der Waals surface area contributed by atoms with E-state index in [4.69, 9.17) is 4.55 Å². The molecule has 6 heteroatoms. The molecule has 0 bridgehead atoms. The van der Waals surface area contributed by atoms with Crippen molar-refractivity contribution in [1.29, 1.82) is 0 Å². The molecule has 0 aliphatic heterocycles. The number of hydrogen-bond donors (Lipinski definition) is 1. The van der Waals surface area contributed by atoms with Crippen molar-refractivity contribution in [3.63, 3.8) is 0 Å². The Morgan fingerprint density at radius 2 is 1.22 bits per heavy atom. The molecule has 89 valence electrons. The van der Waals surface area contributed by atoms with Crippen LogP contribution < -0.4 is 0 Å². The molecule has 0 heterocycles. The first-order valence-electron chi connectivity index (χ1n) is 4.80. The Hall–Kier alpha value is -0.720. The van der Waals surface area contributed by atoms with E-state index >= 15 is 0 Å². The van der Waals surface area contributed by atoms with Gasteiger partial charge in [0, 0.05) is 29.6 Å². The third-order valence-corrected chi connectivity index (χ3v) is 3.20. The second-order valence-corrected chi connectivity index (χ2v) is 4.93. The van der Waals surface area contributed by atoms with E-state index in [1.165, 1.54) is 24.3 Å². The molecule has 0 saturated heterocycles. The molecule has 1 radical (unpaired) electrons. The molecule has 0 amide bonds. The smallest absolute Gasteiger partial charge is 0.282 e. The molecule has 2 rings (SSSR count). The van der Waals surface area contributed by atoms with Gasteiger partial charge in [-0.2, -0.15) is 8.42 Å². The van der Waals surface area contributed by atoms with Crippen LogP contribution in [0, 0.1) is 5.82 Å². The maximum atomic E-state index is 12.7. The van der Waals surface area contributed by atoms with Gasteiger partial charge < -0.3 is 0 Å². The van der Waals surface area contributed by atoms with E-state index in [0.717, 1.165) is 11.1 Å². The van der Waals surface area contributed by atoms with Crippen LogP contribution in [0.3, 0.4) is 0 Å². The summed E-state index contributed by atoms with van der Waals surface area (Å²) in [7, 11) is -4.17. The van der Waals surface area contributed by atoms with Crippen LogP contribution in [0.4, 0.5) is 4.39 Å². The molecule has 2 aromatic carbocycles. The molecule has 0 aliphatic rings. The molecule has 18 heavy (non-hydrogen) atoms. The minimum absolute atomic E-state index is 0. The van der Waals surface area contributed by atoms with Crippen LogP contribution in [-0.2, 0) is 10.1 Å². The molecule has 0 fully saturated rings. The third kappa shape index (κ3) is 3.63. The van der Waals surface area contributed by atoms with Crippen LogP contribution in [0.5, 0.6) is 0 Å². The predicted octanol–water partition coefficient (Wildman–Crippen LogP) is 2.36. The van der Waals surface area contributed by atoms with E-state index < -0.39 is 10.1 Å². The zero-order valence-corrected chi connectivity index (χ0v) is 12.5. The van der Waals surface area contributed by atoms with Gasteiger partial charge in [-0.1, -0.05) is 24.3 Å². The molecular weight excluding hydrogens is 266 g/mol. The van der Waals surface area contributed by atoms with Gasteiger partial charge in [0.1, 0.15) is 5.82 Å². The van der Waals surface area contributed by atoms with Crippen molar-refractivity contribution >= 4 is 39.7 Å². The summed E-state index contributed by atoms with van der Waals surface area (Å²) in [4.78, 5) is -0.164. The normalized spacial score (nSPS) is 10.8. The van der Waals surface area contributed by atoms with Crippen LogP contribution in [0.15, 0.2) is 53.4 Å². The van der Waals surface area contributed by atoms with Gasteiger partial charge in [0.15, 0.2) is 0 Å². The van der Waals surface area contributed by atoms with Gasteiger partial charge in [-0.05, 0) is 35.4 Å². The Morgan fingerprint density at radius 1 is 0.833 bits per heavy atom. The fourth-order valence-electron chi connectivity index (χ4n) is 1.46. The quantitative estimate of drug-likeness (QED) is 0.676. The summed E-state index contributed by atoms with van der Waals surface area (Å²) < 4.78 is 43.2.